The summed E-state index contributed by atoms with van der Waals surface area (Å²) in [5.41, 5.74) is 1.98. The van der Waals surface area contributed by atoms with Crippen molar-refractivity contribution in [3.63, 3.8) is 0 Å². The Morgan fingerprint density at radius 3 is 2.42 bits per heavy atom. The number of carbonyl (C=O) groups excluding carboxylic acids is 1. The van der Waals surface area contributed by atoms with Crippen LogP contribution < -0.4 is 10.5 Å². The molecule has 0 radical (unpaired) electrons. The van der Waals surface area contributed by atoms with E-state index in [2.05, 4.69) is 20.0 Å². The highest BCUT2D eigenvalue weighted by Crippen LogP contribution is 2.34. The lowest BCUT2D eigenvalue weighted by Gasteiger charge is -2.22. The van der Waals surface area contributed by atoms with Crippen LogP contribution in [0.4, 0.5) is 5.82 Å². The molecule has 9 nitrogen and oxygen atoms in total. The minimum absolute atomic E-state index is 0.170. The van der Waals surface area contributed by atoms with Gasteiger partial charge in [0.2, 0.25) is 0 Å². The summed E-state index contributed by atoms with van der Waals surface area (Å²) in [7, 11) is 1.66. The van der Waals surface area contributed by atoms with Crippen molar-refractivity contribution in [3.8, 4) is 5.82 Å². The molecule has 0 saturated carbocycles. The van der Waals surface area contributed by atoms with Crippen molar-refractivity contribution in [3.05, 3.63) is 64.1 Å². The largest absolute Gasteiger partial charge is 0.356 e. The minimum atomic E-state index is -0.246. The highest BCUT2D eigenvalue weighted by atomic mass is 16.2. The molecule has 9 heteroatoms. The summed E-state index contributed by atoms with van der Waals surface area (Å²) in [5.74, 6) is 2.19. The first-order valence-electron chi connectivity index (χ1n) is 10.5. The van der Waals surface area contributed by atoms with E-state index < -0.39 is 0 Å². The lowest BCUT2D eigenvalue weighted by Crippen LogP contribution is -2.37. The second kappa shape index (κ2) is 7.33. The third kappa shape index (κ3) is 3.39. The molecule has 3 aromatic heterocycles. The lowest BCUT2D eigenvalue weighted by molar-refractivity contribution is 0.0780. The van der Waals surface area contributed by atoms with Crippen LogP contribution in [0.1, 0.15) is 21.7 Å². The summed E-state index contributed by atoms with van der Waals surface area (Å²) >= 11 is 0. The second-order valence-corrected chi connectivity index (χ2v) is 8.55. The average Bonchev–Trinajstić information content (AvgIpc) is 3.42. The Kier molecular flexibility index (Phi) is 4.60. The van der Waals surface area contributed by atoms with Crippen LogP contribution in [-0.2, 0) is 7.05 Å². The fourth-order valence-electron chi connectivity index (χ4n) is 4.76. The molecule has 3 aromatic rings. The normalized spacial score (nSPS) is 20.4. The Balaban J connectivity index is 1.30. The predicted molar refractivity (Wildman–Crippen MR) is 115 cm³/mol. The van der Waals surface area contributed by atoms with E-state index >= 15 is 0 Å². The van der Waals surface area contributed by atoms with Crippen molar-refractivity contribution in [2.24, 2.45) is 18.9 Å². The third-order valence-corrected chi connectivity index (χ3v) is 6.32. The highest BCUT2D eigenvalue weighted by Gasteiger charge is 2.42. The van der Waals surface area contributed by atoms with Gasteiger partial charge in [-0.05, 0) is 32.0 Å². The number of nitrogens with zero attached hydrogens (tertiary/aromatic N) is 7. The van der Waals surface area contributed by atoms with Gasteiger partial charge in [-0.25, -0.2) is 14.6 Å². The molecule has 2 aliphatic heterocycles. The number of aromatic nitrogens is 5. The van der Waals surface area contributed by atoms with Gasteiger partial charge in [0, 0.05) is 63.0 Å². The molecule has 31 heavy (non-hydrogen) atoms. The maximum Gasteiger partial charge on any atom is 0.263 e. The van der Waals surface area contributed by atoms with Gasteiger partial charge in [0.25, 0.3) is 11.5 Å². The Bertz CT molecular complexity index is 1200. The van der Waals surface area contributed by atoms with E-state index in [9.17, 15) is 9.59 Å². The zero-order valence-corrected chi connectivity index (χ0v) is 17.9. The van der Waals surface area contributed by atoms with Gasteiger partial charge in [-0.15, -0.1) is 0 Å². The molecule has 0 aromatic carbocycles. The first-order valence-corrected chi connectivity index (χ1v) is 10.5. The van der Waals surface area contributed by atoms with E-state index in [-0.39, 0.29) is 17.0 Å². The minimum Gasteiger partial charge on any atom is -0.356 e. The monoisotopic (exact) mass is 419 g/mol. The van der Waals surface area contributed by atoms with Gasteiger partial charge >= 0.3 is 0 Å². The summed E-state index contributed by atoms with van der Waals surface area (Å²) in [6.45, 7) is 6.95. The molecule has 160 valence electrons. The molecule has 2 fully saturated rings. The van der Waals surface area contributed by atoms with E-state index in [1.165, 1.54) is 4.57 Å². The molecule has 5 rings (SSSR count). The van der Waals surface area contributed by atoms with Crippen LogP contribution in [0, 0.1) is 25.7 Å². The summed E-state index contributed by atoms with van der Waals surface area (Å²) in [6.07, 6.45) is 3.24. The lowest BCUT2D eigenvalue weighted by atomic mass is 10.0. The van der Waals surface area contributed by atoms with Crippen LogP contribution >= 0.6 is 0 Å². The van der Waals surface area contributed by atoms with Crippen LogP contribution in [-0.4, -0.2) is 61.3 Å². The molecule has 0 bridgehead atoms. The first kappa shape index (κ1) is 19.5. The van der Waals surface area contributed by atoms with Gasteiger partial charge < -0.3 is 14.4 Å². The SMILES string of the molecule is Cc1cc(C)n(-c2cc(N3CC4CN(C(=O)c5cccn(C)c5=O)CC4C3)ncn2)n1. The van der Waals surface area contributed by atoms with Crippen molar-refractivity contribution >= 4 is 11.7 Å². The zero-order valence-electron chi connectivity index (χ0n) is 17.9. The van der Waals surface area contributed by atoms with Crippen LogP contribution in [0.15, 0.2) is 41.6 Å². The number of fused-ring (bicyclic) bond motifs is 1. The Morgan fingerprint density at radius 2 is 1.74 bits per heavy atom. The Hall–Kier alpha value is -3.49. The average molecular weight is 419 g/mol. The second-order valence-electron chi connectivity index (χ2n) is 8.55. The van der Waals surface area contributed by atoms with Crippen molar-refractivity contribution in [2.75, 3.05) is 31.1 Å². The molecular weight excluding hydrogens is 394 g/mol. The number of hydrogen-bond donors (Lipinski definition) is 0. The van der Waals surface area contributed by atoms with Crippen molar-refractivity contribution < 1.29 is 4.79 Å². The van der Waals surface area contributed by atoms with Gasteiger partial charge in [-0.3, -0.25) is 9.59 Å². The number of rotatable bonds is 3. The summed E-state index contributed by atoms with van der Waals surface area (Å²) in [6, 6.07) is 7.35. The Morgan fingerprint density at radius 1 is 1.03 bits per heavy atom. The van der Waals surface area contributed by atoms with Gasteiger partial charge in [0.1, 0.15) is 17.7 Å². The maximum absolute atomic E-state index is 12.9. The van der Waals surface area contributed by atoms with Gasteiger partial charge in [-0.2, -0.15) is 5.10 Å². The number of hydrogen-bond acceptors (Lipinski definition) is 6. The van der Waals surface area contributed by atoms with E-state index in [1.54, 1.807) is 31.7 Å². The summed E-state index contributed by atoms with van der Waals surface area (Å²) in [5, 5.41) is 4.51. The molecule has 0 N–H and O–H groups in total. The van der Waals surface area contributed by atoms with Gasteiger partial charge in [-0.1, -0.05) is 0 Å². The first-order chi connectivity index (χ1) is 14.9. The van der Waals surface area contributed by atoms with E-state index in [1.807, 2.05) is 35.6 Å². The fourth-order valence-corrected chi connectivity index (χ4v) is 4.76. The smallest absolute Gasteiger partial charge is 0.263 e. The van der Waals surface area contributed by atoms with Crippen molar-refractivity contribution in [2.45, 2.75) is 13.8 Å². The molecule has 1 amide bonds. The Labute approximate surface area is 180 Å². The standard InChI is InChI=1S/C22H25N7O2/c1-14-7-15(2)29(25-14)20-8-19(23-13-24-20)27-9-16-11-28(12-17(16)10-27)22(31)18-5-4-6-26(3)21(18)30/h4-8,13,16-17H,9-12H2,1-3H3. The predicted octanol–water partition coefficient (Wildman–Crippen LogP) is 1.19. The van der Waals surface area contributed by atoms with Crippen LogP contribution in [0.5, 0.6) is 0 Å². The molecular formula is C22H25N7O2. The van der Waals surface area contributed by atoms with E-state index in [0.29, 0.717) is 24.9 Å². The van der Waals surface area contributed by atoms with Crippen molar-refractivity contribution in [1.29, 1.82) is 0 Å². The van der Waals surface area contributed by atoms with E-state index in [4.69, 9.17) is 0 Å². The third-order valence-electron chi connectivity index (χ3n) is 6.32. The number of carbonyl (C=O) groups is 1. The van der Waals surface area contributed by atoms with Crippen LogP contribution in [0.2, 0.25) is 0 Å². The number of likely N-dealkylation sites (tertiary alicyclic amines) is 1. The van der Waals surface area contributed by atoms with Crippen molar-refractivity contribution in [1.82, 2.24) is 29.2 Å². The van der Waals surface area contributed by atoms with Crippen LogP contribution in [0.25, 0.3) is 5.82 Å². The molecule has 5 heterocycles. The van der Waals surface area contributed by atoms with E-state index in [0.717, 1.165) is 36.1 Å². The fraction of sp³-hybridized carbons (Fsp3) is 0.409. The van der Waals surface area contributed by atoms with Gasteiger partial charge in [0.15, 0.2) is 5.82 Å². The highest BCUT2D eigenvalue weighted by molar-refractivity contribution is 5.94. The summed E-state index contributed by atoms with van der Waals surface area (Å²) < 4.78 is 3.28. The number of anilines is 1. The molecule has 2 unspecified atom stereocenters. The molecule has 2 saturated heterocycles. The number of aryl methyl sites for hydroxylation is 3. The molecule has 0 spiro atoms. The number of amides is 1. The van der Waals surface area contributed by atoms with Gasteiger partial charge in [0.05, 0.1) is 5.69 Å². The topological polar surface area (TPSA) is 89.1 Å². The van der Waals surface area contributed by atoms with Crippen LogP contribution in [0.3, 0.4) is 0 Å². The maximum atomic E-state index is 12.9. The summed E-state index contributed by atoms with van der Waals surface area (Å²) in [4.78, 5) is 38.2. The molecule has 0 aliphatic carbocycles. The number of pyridine rings is 1. The quantitative estimate of drug-likeness (QED) is 0.634. The zero-order chi connectivity index (χ0) is 21.7. The molecule has 2 aliphatic rings. The molecule has 2 atom stereocenters.